The molecule has 0 atom stereocenters. The summed E-state index contributed by atoms with van der Waals surface area (Å²) < 4.78 is 22.8. The number of halogens is 1. The second-order valence-corrected chi connectivity index (χ2v) is 3.82. The summed E-state index contributed by atoms with van der Waals surface area (Å²) in [7, 11) is 0. The van der Waals surface area contributed by atoms with Crippen LogP contribution in [0.15, 0.2) is 24.3 Å². The first kappa shape index (κ1) is 10.9. The summed E-state index contributed by atoms with van der Waals surface area (Å²) in [6.07, 6.45) is 0. The Morgan fingerprint density at radius 3 is 2.50 bits per heavy atom. The molecule has 1 heterocycles. The first-order valence-electron chi connectivity index (χ1n) is 4.82. The number of ether oxygens (including phenoxy) is 2. The molecule has 1 N–H and O–H groups in total. The van der Waals surface area contributed by atoms with Gasteiger partial charge in [-0.1, -0.05) is 0 Å². The second kappa shape index (κ2) is 4.09. The maximum absolute atomic E-state index is 12.6. The quantitative estimate of drug-likeness (QED) is 0.840. The minimum absolute atomic E-state index is 0.0357. The fourth-order valence-electron chi connectivity index (χ4n) is 1.37. The SMILES string of the molecule is O=C(O)C1(COc2ccc(F)cc2)COC1. The molecule has 1 aliphatic rings. The van der Waals surface area contributed by atoms with Crippen molar-refractivity contribution in [3.8, 4) is 5.75 Å². The Bertz CT molecular complexity index is 383. The number of aliphatic carboxylic acids is 1. The Morgan fingerprint density at radius 1 is 1.44 bits per heavy atom. The Hall–Kier alpha value is -1.62. The number of hydrogen-bond acceptors (Lipinski definition) is 3. The first-order valence-corrected chi connectivity index (χ1v) is 4.82. The standard InChI is InChI=1S/C11H11FO4/c12-8-1-3-9(4-2-8)16-7-11(10(13)14)5-15-6-11/h1-4H,5-7H2,(H,13,14). The third kappa shape index (κ3) is 1.99. The molecule has 0 amide bonds. The molecule has 0 saturated carbocycles. The van der Waals surface area contributed by atoms with Crippen LogP contribution in [0.2, 0.25) is 0 Å². The van der Waals surface area contributed by atoms with Gasteiger partial charge in [-0.05, 0) is 24.3 Å². The van der Waals surface area contributed by atoms with Gasteiger partial charge in [0, 0.05) is 0 Å². The van der Waals surface area contributed by atoms with Gasteiger partial charge >= 0.3 is 5.97 Å². The molecule has 0 radical (unpaired) electrons. The van der Waals surface area contributed by atoms with Crippen LogP contribution in [0, 0.1) is 11.2 Å². The molecule has 16 heavy (non-hydrogen) atoms. The second-order valence-electron chi connectivity index (χ2n) is 3.82. The van der Waals surface area contributed by atoms with Gasteiger partial charge in [0.2, 0.25) is 0 Å². The zero-order chi connectivity index (χ0) is 11.6. The van der Waals surface area contributed by atoms with Gasteiger partial charge in [0.15, 0.2) is 0 Å². The Kier molecular flexibility index (Phi) is 2.78. The van der Waals surface area contributed by atoms with Crippen LogP contribution in [-0.4, -0.2) is 30.9 Å². The largest absolute Gasteiger partial charge is 0.492 e. The molecule has 2 rings (SSSR count). The fourth-order valence-corrected chi connectivity index (χ4v) is 1.37. The summed E-state index contributed by atoms with van der Waals surface area (Å²) in [6.45, 7) is 0.348. The van der Waals surface area contributed by atoms with Gasteiger partial charge in [-0.15, -0.1) is 0 Å². The Labute approximate surface area is 91.6 Å². The van der Waals surface area contributed by atoms with E-state index >= 15 is 0 Å². The predicted molar refractivity (Wildman–Crippen MR) is 52.8 cm³/mol. The molecule has 0 aromatic heterocycles. The lowest BCUT2D eigenvalue weighted by atomic mass is 9.87. The monoisotopic (exact) mass is 226 g/mol. The summed E-state index contributed by atoms with van der Waals surface area (Å²) in [6, 6.07) is 5.45. The van der Waals surface area contributed by atoms with Gasteiger partial charge in [-0.25, -0.2) is 4.39 Å². The van der Waals surface area contributed by atoms with E-state index in [0.29, 0.717) is 5.75 Å². The molecule has 0 spiro atoms. The highest BCUT2D eigenvalue weighted by Gasteiger charge is 2.47. The number of carboxylic acid groups (broad SMARTS) is 1. The summed E-state index contributed by atoms with van der Waals surface area (Å²) in [5.41, 5.74) is -0.950. The molecule has 1 saturated heterocycles. The topological polar surface area (TPSA) is 55.8 Å². The van der Waals surface area contributed by atoms with Crippen molar-refractivity contribution in [1.29, 1.82) is 0 Å². The molecule has 4 nitrogen and oxygen atoms in total. The predicted octanol–water partition coefficient (Wildman–Crippen LogP) is 1.31. The highest BCUT2D eigenvalue weighted by atomic mass is 19.1. The van der Waals surface area contributed by atoms with Crippen LogP contribution in [-0.2, 0) is 9.53 Å². The summed E-state index contributed by atoms with van der Waals surface area (Å²) >= 11 is 0. The molecular weight excluding hydrogens is 215 g/mol. The number of rotatable bonds is 4. The molecule has 5 heteroatoms. The van der Waals surface area contributed by atoms with E-state index in [1.807, 2.05) is 0 Å². The highest BCUT2D eigenvalue weighted by molar-refractivity contribution is 5.76. The first-order chi connectivity index (χ1) is 7.62. The number of carbonyl (C=O) groups is 1. The van der Waals surface area contributed by atoms with E-state index in [9.17, 15) is 9.18 Å². The molecule has 1 aromatic carbocycles. The average molecular weight is 226 g/mol. The van der Waals surface area contributed by atoms with Crippen LogP contribution in [0.25, 0.3) is 0 Å². The molecule has 86 valence electrons. The van der Waals surface area contributed by atoms with E-state index in [-0.39, 0.29) is 25.6 Å². The van der Waals surface area contributed by atoms with E-state index in [0.717, 1.165) is 0 Å². The minimum Gasteiger partial charge on any atom is -0.492 e. The lowest BCUT2D eigenvalue weighted by molar-refractivity contribution is -0.185. The van der Waals surface area contributed by atoms with E-state index in [1.165, 1.54) is 24.3 Å². The number of benzene rings is 1. The van der Waals surface area contributed by atoms with Gasteiger partial charge in [0.25, 0.3) is 0 Å². The van der Waals surface area contributed by atoms with Crippen molar-refractivity contribution in [2.45, 2.75) is 0 Å². The maximum atomic E-state index is 12.6. The zero-order valence-electron chi connectivity index (χ0n) is 8.48. The molecule has 0 aliphatic carbocycles. The number of hydrogen-bond donors (Lipinski definition) is 1. The van der Waals surface area contributed by atoms with Crippen molar-refractivity contribution in [2.24, 2.45) is 5.41 Å². The van der Waals surface area contributed by atoms with Crippen LogP contribution in [0.3, 0.4) is 0 Å². The van der Waals surface area contributed by atoms with E-state index in [2.05, 4.69) is 0 Å². The van der Waals surface area contributed by atoms with Crippen LogP contribution >= 0.6 is 0 Å². The van der Waals surface area contributed by atoms with Crippen LogP contribution in [0.1, 0.15) is 0 Å². The van der Waals surface area contributed by atoms with Gasteiger partial charge in [-0.3, -0.25) is 4.79 Å². The zero-order valence-corrected chi connectivity index (χ0v) is 8.48. The van der Waals surface area contributed by atoms with Crippen molar-refractivity contribution in [3.05, 3.63) is 30.1 Å². The lowest BCUT2D eigenvalue weighted by Gasteiger charge is -2.36. The van der Waals surface area contributed by atoms with Crippen molar-refractivity contribution in [3.63, 3.8) is 0 Å². The van der Waals surface area contributed by atoms with Gasteiger partial charge in [0.1, 0.15) is 23.6 Å². The maximum Gasteiger partial charge on any atom is 0.317 e. The van der Waals surface area contributed by atoms with Gasteiger partial charge < -0.3 is 14.6 Å². The fraction of sp³-hybridized carbons (Fsp3) is 0.364. The molecule has 1 aromatic rings. The third-order valence-electron chi connectivity index (χ3n) is 2.54. The lowest BCUT2D eigenvalue weighted by Crippen LogP contribution is -2.53. The van der Waals surface area contributed by atoms with E-state index in [4.69, 9.17) is 14.6 Å². The van der Waals surface area contributed by atoms with Gasteiger partial charge in [-0.2, -0.15) is 0 Å². The normalized spacial score (nSPS) is 17.6. The summed E-state index contributed by atoms with van der Waals surface area (Å²) in [5.74, 6) is -0.831. The Balaban J connectivity index is 1.96. The van der Waals surface area contributed by atoms with Crippen LogP contribution in [0.5, 0.6) is 5.75 Å². The molecular formula is C11H11FO4. The van der Waals surface area contributed by atoms with Crippen LogP contribution in [0.4, 0.5) is 4.39 Å². The molecule has 1 fully saturated rings. The van der Waals surface area contributed by atoms with E-state index < -0.39 is 11.4 Å². The van der Waals surface area contributed by atoms with Crippen molar-refractivity contribution >= 4 is 5.97 Å². The van der Waals surface area contributed by atoms with Crippen LogP contribution < -0.4 is 4.74 Å². The summed E-state index contributed by atoms with van der Waals surface area (Å²) in [5, 5.41) is 8.99. The number of carboxylic acids is 1. The van der Waals surface area contributed by atoms with Crippen molar-refractivity contribution in [1.82, 2.24) is 0 Å². The molecule has 0 bridgehead atoms. The average Bonchev–Trinajstić information content (AvgIpc) is 2.18. The van der Waals surface area contributed by atoms with Crippen molar-refractivity contribution < 1.29 is 23.8 Å². The van der Waals surface area contributed by atoms with Crippen molar-refractivity contribution in [2.75, 3.05) is 19.8 Å². The van der Waals surface area contributed by atoms with E-state index in [1.54, 1.807) is 0 Å². The smallest absolute Gasteiger partial charge is 0.317 e. The highest BCUT2D eigenvalue weighted by Crippen LogP contribution is 2.28. The minimum atomic E-state index is -0.950. The van der Waals surface area contributed by atoms with Gasteiger partial charge in [0.05, 0.1) is 13.2 Å². The Morgan fingerprint density at radius 2 is 2.06 bits per heavy atom. The molecule has 0 unspecified atom stereocenters. The summed E-state index contributed by atoms with van der Waals surface area (Å²) in [4.78, 5) is 11.0. The molecule has 1 aliphatic heterocycles. The third-order valence-corrected chi connectivity index (χ3v) is 2.54.